The van der Waals surface area contributed by atoms with Gasteiger partial charge in [0.1, 0.15) is 0 Å². The van der Waals surface area contributed by atoms with Gasteiger partial charge in [-0.25, -0.2) is 0 Å². The minimum Gasteiger partial charge on any atom is -0.356 e. The summed E-state index contributed by atoms with van der Waals surface area (Å²) in [5, 5.41) is 7.34. The van der Waals surface area contributed by atoms with Crippen LogP contribution in [0, 0.1) is 5.92 Å². The van der Waals surface area contributed by atoms with Gasteiger partial charge in [0.2, 0.25) is 5.91 Å². The largest absolute Gasteiger partial charge is 0.356 e. The topological polar surface area (TPSA) is 67.2 Å². The van der Waals surface area contributed by atoms with E-state index in [1.165, 1.54) is 18.1 Å². The van der Waals surface area contributed by atoms with Gasteiger partial charge in [0.05, 0.1) is 17.5 Å². The lowest BCUT2D eigenvalue weighted by Gasteiger charge is -2.30. The zero-order valence-electron chi connectivity index (χ0n) is 15.7. The van der Waals surface area contributed by atoms with E-state index in [0.717, 1.165) is 40.4 Å². The zero-order valence-corrected chi connectivity index (χ0v) is 18.8. The Kier molecular flexibility index (Phi) is 5.60. The highest BCUT2D eigenvalue weighted by molar-refractivity contribution is 9.13. The molecule has 2 aliphatic rings. The smallest absolute Gasteiger partial charge is 0.257 e. The van der Waals surface area contributed by atoms with Crippen LogP contribution < -0.4 is 5.32 Å². The second-order valence-corrected chi connectivity index (χ2v) is 9.24. The third kappa shape index (κ3) is 3.89. The van der Waals surface area contributed by atoms with Gasteiger partial charge in [0.25, 0.3) is 5.91 Å². The molecule has 28 heavy (non-hydrogen) atoms. The highest BCUT2D eigenvalue weighted by atomic mass is 79.9. The standard InChI is InChI=1S/C20H22Br2N4O2/c1-12(27)23-9-13-2-5-26-19(6-13)16(10-24-26)20(28)25-4-3-14-7-17(21)18(22)8-15(14)11-25/h7-8,10,13H,2-6,9,11H2,1H3,(H,23,27). The van der Waals surface area contributed by atoms with E-state index >= 15 is 0 Å². The summed E-state index contributed by atoms with van der Waals surface area (Å²) in [5.41, 5.74) is 4.16. The van der Waals surface area contributed by atoms with E-state index in [1.54, 1.807) is 6.20 Å². The Morgan fingerprint density at radius 3 is 2.71 bits per heavy atom. The Morgan fingerprint density at radius 2 is 1.96 bits per heavy atom. The van der Waals surface area contributed by atoms with Crippen molar-refractivity contribution in [3.05, 3.63) is 49.7 Å². The predicted molar refractivity (Wildman–Crippen MR) is 113 cm³/mol. The van der Waals surface area contributed by atoms with Gasteiger partial charge in [-0.3, -0.25) is 14.3 Å². The van der Waals surface area contributed by atoms with Gasteiger partial charge in [-0.2, -0.15) is 5.10 Å². The first-order chi connectivity index (χ1) is 13.4. The number of rotatable bonds is 3. The normalized spacial score (nSPS) is 18.4. The fourth-order valence-corrected chi connectivity index (χ4v) is 4.81. The van der Waals surface area contributed by atoms with Crippen molar-refractivity contribution in [1.29, 1.82) is 0 Å². The van der Waals surface area contributed by atoms with E-state index in [-0.39, 0.29) is 11.8 Å². The number of nitrogens with zero attached hydrogens (tertiary/aromatic N) is 3. The van der Waals surface area contributed by atoms with Crippen molar-refractivity contribution in [3.63, 3.8) is 0 Å². The molecular formula is C20H22Br2N4O2. The van der Waals surface area contributed by atoms with E-state index in [1.807, 2.05) is 9.58 Å². The van der Waals surface area contributed by atoms with Gasteiger partial charge in [0.15, 0.2) is 0 Å². The van der Waals surface area contributed by atoms with Crippen molar-refractivity contribution in [2.24, 2.45) is 5.92 Å². The maximum atomic E-state index is 13.2. The molecule has 0 aliphatic carbocycles. The van der Waals surface area contributed by atoms with Crippen LogP contribution in [-0.4, -0.2) is 39.6 Å². The lowest BCUT2D eigenvalue weighted by Crippen LogP contribution is -2.37. The van der Waals surface area contributed by atoms with Gasteiger partial charge >= 0.3 is 0 Å². The molecule has 2 aliphatic heterocycles. The molecule has 1 aromatic heterocycles. The number of aromatic nitrogens is 2. The summed E-state index contributed by atoms with van der Waals surface area (Å²) in [6.07, 6.45) is 4.29. The summed E-state index contributed by atoms with van der Waals surface area (Å²) in [6.45, 7) is 4.29. The molecule has 1 aromatic carbocycles. The van der Waals surface area contributed by atoms with Crippen LogP contribution in [0.5, 0.6) is 0 Å². The molecule has 0 radical (unpaired) electrons. The van der Waals surface area contributed by atoms with Crippen LogP contribution in [-0.2, 0) is 30.7 Å². The summed E-state index contributed by atoms with van der Waals surface area (Å²) in [5.74, 6) is 0.376. The molecule has 4 rings (SSSR count). The molecule has 6 nitrogen and oxygen atoms in total. The number of nitrogens with one attached hydrogen (secondary N) is 1. The quantitative estimate of drug-likeness (QED) is 0.690. The summed E-state index contributed by atoms with van der Waals surface area (Å²) >= 11 is 7.11. The average Bonchev–Trinajstić information content (AvgIpc) is 3.09. The van der Waals surface area contributed by atoms with Crippen LogP contribution in [0.15, 0.2) is 27.3 Å². The van der Waals surface area contributed by atoms with Gasteiger partial charge in [-0.15, -0.1) is 0 Å². The molecule has 2 amide bonds. The number of fused-ring (bicyclic) bond motifs is 2. The Labute approximate surface area is 180 Å². The van der Waals surface area contributed by atoms with Crippen LogP contribution in [0.3, 0.4) is 0 Å². The molecule has 2 aromatic rings. The molecule has 8 heteroatoms. The van der Waals surface area contributed by atoms with Crippen LogP contribution in [0.1, 0.15) is 40.5 Å². The summed E-state index contributed by atoms with van der Waals surface area (Å²) in [4.78, 5) is 26.4. The molecule has 0 bridgehead atoms. The highest BCUT2D eigenvalue weighted by Gasteiger charge is 2.29. The third-order valence-electron chi connectivity index (χ3n) is 5.59. The van der Waals surface area contributed by atoms with E-state index in [4.69, 9.17) is 0 Å². The first-order valence-corrected chi connectivity index (χ1v) is 11.1. The second kappa shape index (κ2) is 7.99. The van der Waals surface area contributed by atoms with Gasteiger partial charge in [-0.1, -0.05) is 0 Å². The molecule has 0 spiro atoms. The van der Waals surface area contributed by atoms with Crippen LogP contribution in [0.4, 0.5) is 0 Å². The summed E-state index contributed by atoms with van der Waals surface area (Å²) < 4.78 is 3.99. The van der Waals surface area contributed by atoms with Crippen LogP contribution in [0.2, 0.25) is 0 Å². The van der Waals surface area contributed by atoms with Crippen LogP contribution in [0.25, 0.3) is 0 Å². The average molecular weight is 510 g/mol. The first kappa shape index (κ1) is 19.6. The zero-order chi connectivity index (χ0) is 19.8. The molecule has 3 heterocycles. The molecule has 0 saturated heterocycles. The molecule has 1 atom stereocenters. The van der Waals surface area contributed by atoms with Gasteiger partial charge in [-0.05, 0) is 80.3 Å². The Balaban J connectivity index is 1.51. The van der Waals surface area contributed by atoms with E-state index in [0.29, 0.717) is 31.1 Å². The first-order valence-electron chi connectivity index (χ1n) is 9.47. The SMILES string of the molecule is CC(=O)NCC1CCn2ncc(C(=O)N3CCc4cc(Br)c(Br)cc4C3)c2C1. The number of hydrogen-bond donors (Lipinski definition) is 1. The highest BCUT2D eigenvalue weighted by Crippen LogP contribution is 2.31. The van der Waals surface area contributed by atoms with Crippen molar-refractivity contribution in [2.75, 3.05) is 13.1 Å². The predicted octanol–water partition coefficient (Wildman–Crippen LogP) is 3.31. The molecule has 0 saturated carbocycles. The molecular weight excluding hydrogens is 488 g/mol. The molecule has 0 fully saturated rings. The van der Waals surface area contributed by atoms with Crippen LogP contribution >= 0.6 is 31.9 Å². The van der Waals surface area contributed by atoms with Crippen molar-refractivity contribution in [1.82, 2.24) is 20.0 Å². The van der Waals surface area contributed by atoms with Crippen molar-refractivity contribution < 1.29 is 9.59 Å². The number of halogens is 2. The number of aryl methyl sites for hydroxylation is 1. The second-order valence-electron chi connectivity index (χ2n) is 7.54. The van der Waals surface area contributed by atoms with Crippen molar-refractivity contribution in [2.45, 2.75) is 39.3 Å². The van der Waals surface area contributed by atoms with E-state index in [2.05, 4.69) is 54.4 Å². The Bertz CT molecular complexity index is 941. The minimum atomic E-state index is -0.0137. The van der Waals surface area contributed by atoms with E-state index < -0.39 is 0 Å². The lowest BCUT2D eigenvalue weighted by atomic mass is 9.93. The number of benzene rings is 1. The Morgan fingerprint density at radius 1 is 1.21 bits per heavy atom. The summed E-state index contributed by atoms with van der Waals surface area (Å²) in [7, 11) is 0. The van der Waals surface area contributed by atoms with Crippen molar-refractivity contribution in [3.8, 4) is 0 Å². The maximum Gasteiger partial charge on any atom is 0.257 e. The van der Waals surface area contributed by atoms with Gasteiger partial charge in [0, 0.05) is 42.0 Å². The number of amides is 2. The maximum absolute atomic E-state index is 13.2. The fourth-order valence-electron chi connectivity index (χ4n) is 4.03. The fraction of sp³-hybridized carbons (Fsp3) is 0.450. The Hall–Kier alpha value is -1.67. The lowest BCUT2D eigenvalue weighted by molar-refractivity contribution is -0.119. The number of hydrogen-bond acceptors (Lipinski definition) is 3. The van der Waals surface area contributed by atoms with E-state index in [9.17, 15) is 9.59 Å². The number of carbonyl (C=O) groups excluding carboxylic acids is 2. The number of carbonyl (C=O) groups is 2. The molecule has 1 unspecified atom stereocenters. The van der Waals surface area contributed by atoms with Crippen molar-refractivity contribution >= 4 is 43.7 Å². The third-order valence-corrected chi connectivity index (χ3v) is 7.44. The van der Waals surface area contributed by atoms with Gasteiger partial charge < -0.3 is 10.2 Å². The summed E-state index contributed by atoms with van der Waals surface area (Å²) in [6, 6.07) is 4.23. The molecule has 148 valence electrons. The monoisotopic (exact) mass is 508 g/mol. The minimum absolute atomic E-state index is 0.0137. The molecule has 1 N–H and O–H groups in total.